The summed E-state index contributed by atoms with van der Waals surface area (Å²) in [7, 11) is 1.19. The summed E-state index contributed by atoms with van der Waals surface area (Å²) >= 11 is 0. The zero-order chi connectivity index (χ0) is 30.2. The van der Waals surface area contributed by atoms with Gasteiger partial charge in [-0.15, -0.1) is 5.23 Å². The van der Waals surface area contributed by atoms with E-state index in [0.29, 0.717) is 23.3 Å². The van der Waals surface area contributed by atoms with E-state index in [9.17, 15) is 30.2 Å². The van der Waals surface area contributed by atoms with E-state index in [2.05, 4.69) is 30.4 Å². The number of aliphatic hydroxyl groups is 1. The number of oxime groups is 1. The lowest BCUT2D eigenvalue weighted by molar-refractivity contribution is -0.268. The van der Waals surface area contributed by atoms with E-state index in [1.807, 2.05) is 0 Å². The van der Waals surface area contributed by atoms with Gasteiger partial charge in [-0.2, -0.15) is 0 Å². The van der Waals surface area contributed by atoms with Crippen molar-refractivity contribution in [1.29, 1.82) is 0 Å². The molecule has 0 aliphatic heterocycles. The Bertz CT molecular complexity index is 1260. The van der Waals surface area contributed by atoms with E-state index in [4.69, 9.17) is 9.57 Å². The molecule has 3 saturated carbocycles. The zero-order valence-electron chi connectivity index (χ0n) is 24.5. The van der Waals surface area contributed by atoms with Gasteiger partial charge in [0.05, 0.1) is 24.6 Å². The van der Waals surface area contributed by atoms with Gasteiger partial charge in [-0.1, -0.05) is 42.5 Å². The fourth-order valence-corrected chi connectivity index (χ4v) is 8.44. The summed E-state index contributed by atoms with van der Waals surface area (Å²) in [5.41, 5.74) is 2.42. The molecule has 0 bridgehead atoms. The molecule has 3 fully saturated rings. The highest BCUT2D eigenvalue weighted by molar-refractivity contribution is 5.96. The van der Waals surface area contributed by atoms with Crippen LogP contribution in [0.1, 0.15) is 70.8 Å². The highest BCUT2D eigenvalue weighted by atomic mass is 16.8. The molecular formula is C31H42N3O8-. The van der Waals surface area contributed by atoms with E-state index in [0.717, 1.165) is 63.1 Å². The number of carbonyl (C=O) groups is 2. The fourth-order valence-electron chi connectivity index (χ4n) is 8.44. The van der Waals surface area contributed by atoms with E-state index in [-0.39, 0.29) is 34.3 Å². The second-order valence-electron chi connectivity index (χ2n) is 12.9. The first-order valence-electron chi connectivity index (χ1n) is 14.9. The van der Waals surface area contributed by atoms with Gasteiger partial charge in [0, 0.05) is 6.42 Å². The first-order chi connectivity index (χ1) is 20.0. The smallest absolute Gasteiger partial charge is 0.328 e. The molecule has 4 aliphatic carbocycles. The number of hydrogen-bond acceptors (Lipinski definition) is 10. The van der Waals surface area contributed by atoms with Crippen LogP contribution in [0, 0.1) is 28.6 Å². The summed E-state index contributed by atoms with van der Waals surface area (Å²) < 4.78 is 4.80. The molecule has 11 nitrogen and oxygen atoms in total. The molecule has 4 aliphatic rings. The van der Waals surface area contributed by atoms with Crippen molar-refractivity contribution < 1.29 is 39.8 Å². The van der Waals surface area contributed by atoms with Gasteiger partial charge in [-0.3, -0.25) is 15.2 Å². The lowest BCUT2D eigenvalue weighted by atomic mass is 9.47. The van der Waals surface area contributed by atoms with Crippen LogP contribution in [0.4, 0.5) is 5.69 Å². The lowest BCUT2D eigenvalue weighted by Gasteiger charge is -2.57. The summed E-state index contributed by atoms with van der Waals surface area (Å²) in [6.07, 6.45) is 10.1. The van der Waals surface area contributed by atoms with E-state index < -0.39 is 30.3 Å². The van der Waals surface area contributed by atoms with Crippen molar-refractivity contribution in [2.75, 3.05) is 18.9 Å². The number of fused-ring (bicyclic) bond motifs is 5. The molecule has 0 aromatic heterocycles. The molecule has 11 heteroatoms. The summed E-state index contributed by atoms with van der Waals surface area (Å²) in [5.74, 6) is -0.0178. The number of allylic oxidation sites excluding steroid dienone is 2. The third-order valence-electron chi connectivity index (χ3n) is 10.8. The molecule has 5 rings (SSSR count). The first kappa shape index (κ1) is 30.3. The van der Waals surface area contributed by atoms with Crippen LogP contribution in [0.3, 0.4) is 0 Å². The van der Waals surface area contributed by atoms with Crippen LogP contribution in [0.2, 0.25) is 0 Å². The Balaban J connectivity index is 1.19. The van der Waals surface area contributed by atoms with Crippen molar-refractivity contribution in [3.8, 4) is 5.75 Å². The fraction of sp³-hybridized carbons (Fsp3) is 0.645. The number of nitrogens with zero attached hydrogens (tertiary/aromatic N) is 2. The predicted octanol–water partition coefficient (Wildman–Crippen LogP) is 3.24. The first-order valence-corrected chi connectivity index (χ1v) is 14.9. The van der Waals surface area contributed by atoms with Crippen LogP contribution in [0.5, 0.6) is 5.75 Å². The van der Waals surface area contributed by atoms with Crippen molar-refractivity contribution in [1.82, 2.24) is 5.32 Å². The Morgan fingerprint density at radius 3 is 2.67 bits per heavy atom. The van der Waals surface area contributed by atoms with Crippen molar-refractivity contribution in [3.63, 3.8) is 0 Å². The number of hydrogen-bond donors (Lipinski definition) is 4. The van der Waals surface area contributed by atoms with Crippen molar-refractivity contribution in [2.24, 2.45) is 33.7 Å². The van der Waals surface area contributed by atoms with Gasteiger partial charge in [-0.25, -0.2) is 4.79 Å². The Kier molecular flexibility index (Phi) is 8.55. The van der Waals surface area contributed by atoms with Crippen LogP contribution >= 0.6 is 0 Å². The maximum absolute atomic E-state index is 12.6. The molecular weight excluding hydrogens is 542 g/mol. The Morgan fingerprint density at radius 2 is 1.93 bits per heavy atom. The highest BCUT2D eigenvalue weighted by Crippen LogP contribution is 2.65. The topological polar surface area (TPSA) is 164 Å². The Labute approximate surface area is 246 Å². The number of carbonyl (C=O) groups excluding carboxylic acids is 2. The third-order valence-corrected chi connectivity index (χ3v) is 10.8. The highest BCUT2D eigenvalue weighted by Gasteiger charge is 2.58. The van der Waals surface area contributed by atoms with Gasteiger partial charge >= 0.3 is 5.97 Å². The minimum Gasteiger partial charge on any atom is -0.871 e. The average Bonchev–Trinajstić information content (AvgIpc) is 3.27. The SMILES string of the molecule is COC(=O)[C@H](Cc1ccc([O-])c(N(O)O)c1)NC(=O)CON=C1C=C2CC[C@@H]3[C@@H]4CC[C@H](O)[C@@]4(C)CC[C@@H]3[C@@]2(C)CC1. The summed E-state index contributed by atoms with van der Waals surface area (Å²) in [6, 6.07) is 2.70. The summed E-state index contributed by atoms with van der Waals surface area (Å²) in [4.78, 5) is 30.4. The molecule has 1 amide bonds. The van der Waals surface area contributed by atoms with Gasteiger partial charge < -0.3 is 25.1 Å². The van der Waals surface area contributed by atoms with Crippen LogP contribution < -0.4 is 15.6 Å². The number of rotatable bonds is 8. The average molecular weight is 585 g/mol. The maximum Gasteiger partial charge on any atom is 0.328 e. The quantitative estimate of drug-likeness (QED) is 0.265. The number of esters is 1. The number of methoxy groups -OCH3 is 1. The minimum atomic E-state index is -1.08. The van der Waals surface area contributed by atoms with Gasteiger partial charge in [0.1, 0.15) is 6.04 Å². The number of benzene rings is 1. The largest absolute Gasteiger partial charge is 0.871 e. The molecule has 42 heavy (non-hydrogen) atoms. The van der Waals surface area contributed by atoms with Gasteiger partial charge in [0.2, 0.25) is 0 Å². The van der Waals surface area contributed by atoms with Crippen LogP contribution in [-0.4, -0.2) is 59.0 Å². The number of aliphatic hydroxyl groups excluding tert-OH is 1. The lowest BCUT2D eigenvalue weighted by Crippen LogP contribution is -2.51. The standard InChI is InChI=1S/C31H43N3O8/c1-30-12-10-20(16-19(30)5-6-21-22-7-9-27(36)31(22,2)13-11-23(21)30)33-42-17-28(37)32-24(29(38)41-3)14-18-4-8-26(35)25(15-18)34(39)40/h4,8,15-16,21-24,27,35-36,39-40H,5-7,9-14,17H2,1-3H3,(H,32,37)/p-1/t21-,22+,23+,24+,27+,30+,31+/m1/s1. The predicted molar refractivity (Wildman–Crippen MR) is 151 cm³/mol. The molecule has 0 heterocycles. The second-order valence-corrected chi connectivity index (χ2v) is 12.9. The van der Waals surface area contributed by atoms with Gasteiger partial charge in [0.15, 0.2) is 6.61 Å². The van der Waals surface area contributed by atoms with Crippen LogP contribution in [0.25, 0.3) is 0 Å². The number of ether oxygens (including phenoxy) is 1. The number of nitrogens with one attached hydrogen (secondary N) is 1. The van der Waals surface area contributed by atoms with Crippen molar-refractivity contribution in [3.05, 3.63) is 35.4 Å². The number of amides is 1. The zero-order valence-corrected chi connectivity index (χ0v) is 24.5. The minimum absolute atomic E-state index is 0.0418. The Morgan fingerprint density at radius 1 is 1.14 bits per heavy atom. The van der Waals surface area contributed by atoms with Gasteiger partial charge in [0.25, 0.3) is 5.91 Å². The second kappa shape index (κ2) is 11.9. The van der Waals surface area contributed by atoms with Crippen LogP contribution in [-0.2, 0) is 25.6 Å². The van der Waals surface area contributed by atoms with E-state index in [1.54, 1.807) is 0 Å². The van der Waals surface area contributed by atoms with Crippen LogP contribution in [0.15, 0.2) is 35.0 Å². The third kappa shape index (κ3) is 5.61. The Hall–Kier alpha value is -3.15. The van der Waals surface area contributed by atoms with E-state index in [1.165, 1.54) is 24.8 Å². The number of anilines is 1. The molecule has 7 atom stereocenters. The molecule has 0 unspecified atom stereocenters. The molecule has 0 saturated heterocycles. The summed E-state index contributed by atoms with van der Waals surface area (Å²) in [6.45, 7) is 4.30. The maximum atomic E-state index is 12.6. The normalized spacial score (nSPS) is 33.5. The van der Waals surface area contributed by atoms with Crippen molar-refractivity contribution >= 4 is 23.3 Å². The summed E-state index contributed by atoms with van der Waals surface area (Å²) in [5, 5.41) is 47.5. The molecule has 1 aromatic carbocycles. The van der Waals surface area contributed by atoms with Gasteiger partial charge in [-0.05, 0) is 97.7 Å². The monoisotopic (exact) mass is 584 g/mol. The molecule has 0 spiro atoms. The van der Waals surface area contributed by atoms with Crippen molar-refractivity contribution in [2.45, 2.75) is 83.8 Å². The van der Waals surface area contributed by atoms with E-state index >= 15 is 0 Å². The molecule has 0 radical (unpaired) electrons. The molecule has 4 N–H and O–H groups in total. The molecule has 1 aromatic rings. The molecule has 230 valence electrons.